The Kier molecular flexibility index (Phi) is 11.7. The molecule has 0 atom stereocenters. The lowest BCUT2D eigenvalue weighted by Crippen LogP contribution is -1.95. The van der Waals surface area contributed by atoms with Gasteiger partial charge < -0.3 is 0 Å². The molecule has 0 aliphatic carbocycles. The van der Waals surface area contributed by atoms with E-state index >= 15 is 0 Å². The quantitative estimate of drug-likeness (QED) is 0.127. The standard InChI is InChI=1S/C29H40S/c1-4-5-6-7-8-9-10-11-12-14-17-26-22-24(2)28(25(3)23-26)20-21-29(30)27-18-15-13-16-19-27/h13,15-16,18-23H,4-12,14,17H2,1-3H3. The first kappa shape index (κ1) is 24.5. The van der Waals surface area contributed by atoms with Gasteiger partial charge in [-0.2, -0.15) is 0 Å². The monoisotopic (exact) mass is 420 g/mol. The highest BCUT2D eigenvalue weighted by molar-refractivity contribution is 7.81. The maximum absolute atomic E-state index is 5.57. The number of unbranched alkanes of at least 4 members (excludes halogenated alkanes) is 9. The molecule has 2 aromatic rings. The highest BCUT2D eigenvalue weighted by Gasteiger charge is 2.04. The normalized spacial score (nSPS) is 11.3. The number of thiocarbonyl (C=S) groups is 1. The van der Waals surface area contributed by atoms with Crippen molar-refractivity contribution < 1.29 is 0 Å². The summed E-state index contributed by atoms with van der Waals surface area (Å²) in [5, 5.41) is 0. The molecule has 0 amide bonds. The zero-order chi connectivity index (χ0) is 21.6. The van der Waals surface area contributed by atoms with Crippen LogP contribution >= 0.6 is 12.2 Å². The van der Waals surface area contributed by atoms with Gasteiger partial charge in [0.15, 0.2) is 0 Å². The molecule has 0 radical (unpaired) electrons. The molecule has 0 saturated heterocycles. The number of hydrogen-bond acceptors (Lipinski definition) is 1. The molecule has 0 aliphatic heterocycles. The average molecular weight is 421 g/mol. The fourth-order valence-corrected chi connectivity index (χ4v) is 4.35. The first-order chi connectivity index (χ1) is 14.6. The van der Waals surface area contributed by atoms with Crippen molar-refractivity contribution in [3.05, 3.63) is 76.4 Å². The second kappa shape index (κ2) is 14.3. The second-order valence-electron chi connectivity index (χ2n) is 8.64. The molecule has 30 heavy (non-hydrogen) atoms. The Labute approximate surface area is 190 Å². The van der Waals surface area contributed by atoms with Gasteiger partial charge in [0.2, 0.25) is 0 Å². The predicted molar refractivity (Wildman–Crippen MR) is 139 cm³/mol. The molecular formula is C29H40S. The Hall–Kier alpha value is -1.73. The van der Waals surface area contributed by atoms with Gasteiger partial charge in [-0.05, 0) is 60.6 Å². The van der Waals surface area contributed by atoms with E-state index in [1.807, 2.05) is 18.2 Å². The van der Waals surface area contributed by atoms with Crippen LogP contribution in [0.2, 0.25) is 0 Å². The van der Waals surface area contributed by atoms with E-state index in [1.165, 1.54) is 92.9 Å². The van der Waals surface area contributed by atoms with E-state index in [1.54, 1.807) is 0 Å². The Morgan fingerprint density at radius 3 is 1.87 bits per heavy atom. The molecule has 0 fully saturated rings. The number of rotatable bonds is 14. The third-order valence-corrected chi connectivity index (χ3v) is 6.30. The minimum absolute atomic E-state index is 0.892. The summed E-state index contributed by atoms with van der Waals surface area (Å²) in [5.41, 5.74) is 6.59. The van der Waals surface area contributed by atoms with Crippen molar-refractivity contribution in [2.24, 2.45) is 0 Å². The van der Waals surface area contributed by atoms with Crippen molar-refractivity contribution in [3.8, 4) is 0 Å². The van der Waals surface area contributed by atoms with Gasteiger partial charge in [-0.25, -0.2) is 0 Å². The van der Waals surface area contributed by atoms with Gasteiger partial charge in [0, 0.05) is 4.86 Å². The summed E-state index contributed by atoms with van der Waals surface area (Å²) in [6.07, 6.45) is 19.4. The van der Waals surface area contributed by atoms with E-state index in [2.05, 4.69) is 57.2 Å². The van der Waals surface area contributed by atoms with Crippen LogP contribution in [0.5, 0.6) is 0 Å². The average Bonchev–Trinajstić information content (AvgIpc) is 2.75. The van der Waals surface area contributed by atoms with Gasteiger partial charge in [0.1, 0.15) is 0 Å². The van der Waals surface area contributed by atoms with E-state index in [0.717, 1.165) is 10.4 Å². The summed E-state index contributed by atoms with van der Waals surface area (Å²) in [4.78, 5) is 0.892. The van der Waals surface area contributed by atoms with Gasteiger partial charge in [0.05, 0.1) is 0 Å². The molecule has 0 nitrogen and oxygen atoms in total. The molecule has 2 aromatic carbocycles. The molecule has 0 unspecified atom stereocenters. The summed E-state index contributed by atoms with van der Waals surface area (Å²) in [5.74, 6) is 0. The van der Waals surface area contributed by atoms with Crippen molar-refractivity contribution in [2.45, 2.75) is 91.4 Å². The highest BCUT2D eigenvalue weighted by Crippen LogP contribution is 2.21. The third kappa shape index (κ3) is 8.96. The minimum Gasteiger partial charge on any atom is -0.0795 e. The van der Waals surface area contributed by atoms with Crippen LogP contribution in [-0.4, -0.2) is 4.86 Å². The fraction of sp³-hybridized carbons (Fsp3) is 0.483. The SMILES string of the molecule is CCCCCCCCCCCCc1cc(C)c(C=CC(=S)c2ccccc2)c(C)c1. The second-order valence-corrected chi connectivity index (χ2v) is 9.08. The van der Waals surface area contributed by atoms with Crippen LogP contribution in [0.3, 0.4) is 0 Å². The molecule has 0 bridgehead atoms. The van der Waals surface area contributed by atoms with Crippen molar-refractivity contribution in [1.29, 1.82) is 0 Å². The van der Waals surface area contributed by atoms with Crippen LogP contribution in [-0.2, 0) is 6.42 Å². The zero-order valence-corrected chi connectivity index (χ0v) is 20.2. The van der Waals surface area contributed by atoms with Gasteiger partial charge in [-0.3, -0.25) is 0 Å². The van der Waals surface area contributed by atoms with Crippen molar-refractivity contribution in [3.63, 3.8) is 0 Å². The third-order valence-electron chi connectivity index (χ3n) is 5.93. The van der Waals surface area contributed by atoms with Crippen molar-refractivity contribution in [2.75, 3.05) is 0 Å². The minimum atomic E-state index is 0.892. The number of benzene rings is 2. The first-order valence-electron chi connectivity index (χ1n) is 12.0. The Morgan fingerprint density at radius 1 is 0.767 bits per heavy atom. The molecule has 0 aromatic heterocycles. The van der Waals surface area contributed by atoms with Crippen LogP contribution in [0, 0.1) is 13.8 Å². The lowest BCUT2D eigenvalue weighted by molar-refractivity contribution is 0.556. The predicted octanol–water partition coefficient (Wildman–Crippen LogP) is 9.20. The van der Waals surface area contributed by atoms with Crippen LogP contribution in [0.4, 0.5) is 0 Å². The summed E-state index contributed by atoms with van der Waals surface area (Å²) in [7, 11) is 0. The summed E-state index contributed by atoms with van der Waals surface area (Å²) in [6, 6.07) is 15.0. The lowest BCUT2D eigenvalue weighted by Gasteiger charge is -2.10. The Morgan fingerprint density at radius 2 is 1.30 bits per heavy atom. The number of allylic oxidation sites excluding steroid dienone is 1. The first-order valence-corrected chi connectivity index (χ1v) is 12.4. The zero-order valence-electron chi connectivity index (χ0n) is 19.4. The van der Waals surface area contributed by atoms with Crippen LogP contribution < -0.4 is 0 Å². The van der Waals surface area contributed by atoms with E-state index in [0.29, 0.717) is 0 Å². The molecule has 1 heteroatoms. The molecule has 162 valence electrons. The van der Waals surface area contributed by atoms with Crippen molar-refractivity contribution in [1.82, 2.24) is 0 Å². The van der Waals surface area contributed by atoms with Gasteiger partial charge in [-0.15, -0.1) is 0 Å². The van der Waals surface area contributed by atoms with Gasteiger partial charge >= 0.3 is 0 Å². The van der Waals surface area contributed by atoms with Gasteiger partial charge in [0.25, 0.3) is 0 Å². The van der Waals surface area contributed by atoms with Crippen LogP contribution in [0.1, 0.15) is 98.9 Å². The maximum atomic E-state index is 5.57. The summed E-state index contributed by atoms with van der Waals surface area (Å²) >= 11 is 5.57. The van der Waals surface area contributed by atoms with E-state index in [-0.39, 0.29) is 0 Å². The Balaban J connectivity index is 1.75. The summed E-state index contributed by atoms with van der Waals surface area (Å²) in [6.45, 7) is 6.73. The summed E-state index contributed by atoms with van der Waals surface area (Å²) < 4.78 is 0. The lowest BCUT2D eigenvalue weighted by atomic mass is 9.95. The largest absolute Gasteiger partial charge is 0.0795 e. The maximum Gasteiger partial charge on any atom is 0.0449 e. The fourth-order valence-electron chi connectivity index (χ4n) is 4.15. The van der Waals surface area contributed by atoms with E-state index in [4.69, 9.17) is 12.2 Å². The highest BCUT2D eigenvalue weighted by atomic mass is 32.1. The number of hydrogen-bond donors (Lipinski definition) is 0. The van der Waals surface area contributed by atoms with Gasteiger partial charge in [-0.1, -0.05) is 125 Å². The molecule has 0 spiro atoms. The molecule has 0 saturated carbocycles. The van der Waals surface area contributed by atoms with E-state index in [9.17, 15) is 0 Å². The number of aryl methyl sites for hydroxylation is 3. The van der Waals surface area contributed by atoms with E-state index < -0.39 is 0 Å². The molecule has 0 N–H and O–H groups in total. The smallest absolute Gasteiger partial charge is 0.0449 e. The van der Waals surface area contributed by atoms with Crippen molar-refractivity contribution >= 4 is 23.2 Å². The van der Waals surface area contributed by atoms with Crippen LogP contribution in [0.25, 0.3) is 6.08 Å². The Bertz CT molecular complexity index is 762. The molecule has 0 heterocycles. The topological polar surface area (TPSA) is 0 Å². The van der Waals surface area contributed by atoms with Crippen LogP contribution in [0.15, 0.2) is 48.5 Å². The molecular weight excluding hydrogens is 380 g/mol. The molecule has 2 rings (SSSR count). The molecule has 0 aliphatic rings.